The molecule has 0 heterocycles. The van der Waals surface area contributed by atoms with Crippen molar-refractivity contribution in [1.29, 1.82) is 10.5 Å². The van der Waals surface area contributed by atoms with Crippen molar-refractivity contribution in [3.05, 3.63) is 0 Å². The van der Waals surface area contributed by atoms with E-state index in [4.69, 9.17) is 22.0 Å². The minimum atomic E-state index is -0.321. The molecule has 8 heteroatoms. The fourth-order valence-electron chi connectivity index (χ4n) is 1.32. The van der Waals surface area contributed by atoms with Crippen LogP contribution in [-0.4, -0.2) is 37.5 Å². The van der Waals surface area contributed by atoms with Crippen LogP contribution in [0.1, 0.15) is 39.0 Å². The lowest BCUT2D eigenvalue weighted by Gasteiger charge is -2.12. The molecule has 6 N–H and O–H groups in total. The van der Waals surface area contributed by atoms with Gasteiger partial charge in [0.05, 0.1) is 12.1 Å². The molecule has 0 aliphatic carbocycles. The van der Waals surface area contributed by atoms with E-state index in [1.165, 1.54) is 0 Å². The molecule has 0 aromatic heterocycles. The molecule has 0 rings (SSSR count). The van der Waals surface area contributed by atoms with E-state index >= 15 is 0 Å². The quantitative estimate of drug-likeness (QED) is 0.421. The molecule has 0 aliphatic rings. The maximum Gasteiger partial charge on any atom is 0.234 e. The molecule has 0 radical (unpaired) electrons. The number of nitrogens with zero attached hydrogens (tertiary/aromatic N) is 2. The highest BCUT2D eigenvalue weighted by Crippen LogP contribution is 1.90. The number of amides is 2. The predicted molar refractivity (Wildman–Crippen MR) is 83.0 cm³/mol. The first-order valence-corrected chi connectivity index (χ1v) is 7.21. The van der Waals surface area contributed by atoms with Crippen LogP contribution in [0.5, 0.6) is 0 Å². The zero-order valence-electron chi connectivity index (χ0n) is 13.1. The van der Waals surface area contributed by atoms with Crippen LogP contribution in [-0.2, 0) is 9.59 Å². The number of carbonyl (C=O) groups is 2. The average molecular weight is 310 g/mol. The van der Waals surface area contributed by atoms with E-state index in [9.17, 15) is 9.59 Å². The Hall–Kier alpha value is -2.16. The van der Waals surface area contributed by atoms with E-state index in [1.807, 2.05) is 0 Å². The van der Waals surface area contributed by atoms with Gasteiger partial charge in [-0.1, -0.05) is 0 Å². The first-order valence-electron chi connectivity index (χ1n) is 7.21. The zero-order chi connectivity index (χ0) is 17.2. The van der Waals surface area contributed by atoms with Gasteiger partial charge in [-0.2, -0.15) is 10.5 Å². The molecule has 1 unspecified atom stereocenters. The third-order valence-corrected chi connectivity index (χ3v) is 2.44. The summed E-state index contributed by atoms with van der Waals surface area (Å²) < 4.78 is 0. The second kappa shape index (κ2) is 16.9. The van der Waals surface area contributed by atoms with Crippen molar-refractivity contribution in [2.24, 2.45) is 11.5 Å². The maximum atomic E-state index is 11.0. The Morgan fingerprint density at radius 1 is 1.05 bits per heavy atom. The van der Waals surface area contributed by atoms with Crippen molar-refractivity contribution >= 4 is 11.8 Å². The van der Waals surface area contributed by atoms with Gasteiger partial charge in [0.1, 0.15) is 12.8 Å². The van der Waals surface area contributed by atoms with Crippen molar-refractivity contribution in [2.45, 2.75) is 45.1 Å². The Labute approximate surface area is 131 Å². The summed E-state index contributed by atoms with van der Waals surface area (Å²) in [6.45, 7) is 3.73. The van der Waals surface area contributed by atoms with Gasteiger partial charge in [-0.15, -0.1) is 0 Å². The molecule has 1 atom stereocenters. The van der Waals surface area contributed by atoms with Crippen LogP contribution in [0.3, 0.4) is 0 Å². The molecule has 124 valence electrons. The van der Waals surface area contributed by atoms with Crippen LogP contribution in [0.2, 0.25) is 0 Å². The highest BCUT2D eigenvalue weighted by Gasteiger charge is 2.07. The van der Waals surface area contributed by atoms with Gasteiger partial charge in [-0.25, -0.2) is 0 Å². The van der Waals surface area contributed by atoms with Crippen LogP contribution < -0.4 is 22.1 Å². The average Bonchev–Trinajstić information content (AvgIpc) is 2.46. The highest BCUT2D eigenvalue weighted by molar-refractivity contribution is 5.78. The van der Waals surface area contributed by atoms with Gasteiger partial charge in [0.2, 0.25) is 11.8 Å². The largest absolute Gasteiger partial charge is 0.355 e. The first-order chi connectivity index (χ1) is 10.5. The predicted octanol–water partition coefficient (Wildman–Crippen LogP) is -0.491. The topological polar surface area (TPSA) is 158 Å². The summed E-state index contributed by atoms with van der Waals surface area (Å²) in [4.78, 5) is 21.9. The summed E-state index contributed by atoms with van der Waals surface area (Å²) in [5, 5.41) is 21.6. The van der Waals surface area contributed by atoms with Gasteiger partial charge in [0, 0.05) is 12.6 Å². The lowest BCUT2D eigenvalue weighted by Crippen LogP contribution is -2.35. The standard InChI is InChI=1S/C10H14N4O2.C4H12N2/c1-8(14-10(16)3-6-12)4-7-13-9(15)2-5-11;5-3-1-2-4-6/h8H,2-4,7H2,1H3,(H,13,15)(H,14,16);1-6H2. The third kappa shape index (κ3) is 17.8. The monoisotopic (exact) mass is 310 g/mol. The maximum absolute atomic E-state index is 11.0. The summed E-state index contributed by atoms with van der Waals surface area (Å²) in [6, 6.07) is 3.37. The molecule has 0 aromatic carbocycles. The lowest BCUT2D eigenvalue weighted by molar-refractivity contribution is -0.120. The summed E-state index contributed by atoms with van der Waals surface area (Å²) in [5.41, 5.74) is 10.3. The minimum absolute atomic E-state index is 0.108. The molecule has 22 heavy (non-hydrogen) atoms. The second-order valence-electron chi connectivity index (χ2n) is 4.56. The summed E-state index contributed by atoms with van der Waals surface area (Å²) in [7, 11) is 0. The zero-order valence-corrected chi connectivity index (χ0v) is 13.1. The van der Waals surface area contributed by atoms with Crippen molar-refractivity contribution < 1.29 is 9.59 Å². The Morgan fingerprint density at radius 3 is 2.00 bits per heavy atom. The van der Waals surface area contributed by atoms with Gasteiger partial charge in [0.25, 0.3) is 0 Å². The molecule has 0 bridgehead atoms. The van der Waals surface area contributed by atoms with E-state index in [0.717, 1.165) is 25.9 Å². The number of nitriles is 2. The molecule has 0 spiro atoms. The van der Waals surface area contributed by atoms with Crippen molar-refractivity contribution in [3.63, 3.8) is 0 Å². The molecule has 0 saturated heterocycles. The number of hydrogen-bond donors (Lipinski definition) is 4. The molecule has 2 amide bonds. The van der Waals surface area contributed by atoms with Crippen LogP contribution in [0, 0.1) is 22.7 Å². The van der Waals surface area contributed by atoms with Crippen LogP contribution in [0.4, 0.5) is 0 Å². The highest BCUT2D eigenvalue weighted by atomic mass is 16.2. The smallest absolute Gasteiger partial charge is 0.234 e. The number of nitrogens with two attached hydrogens (primary N) is 2. The van der Waals surface area contributed by atoms with Gasteiger partial charge in [0.15, 0.2) is 0 Å². The van der Waals surface area contributed by atoms with Crippen LogP contribution in [0.15, 0.2) is 0 Å². The molecule has 0 aliphatic heterocycles. The molecular weight excluding hydrogens is 284 g/mol. The fourth-order valence-corrected chi connectivity index (χ4v) is 1.32. The fraction of sp³-hybridized carbons (Fsp3) is 0.714. The van der Waals surface area contributed by atoms with Gasteiger partial charge in [-0.3, -0.25) is 9.59 Å². The Kier molecular flexibility index (Phi) is 17.0. The Morgan fingerprint density at radius 2 is 1.55 bits per heavy atom. The summed E-state index contributed by atoms with van der Waals surface area (Å²) >= 11 is 0. The third-order valence-electron chi connectivity index (χ3n) is 2.44. The molecule has 0 saturated carbocycles. The van der Waals surface area contributed by atoms with Crippen LogP contribution in [0.25, 0.3) is 0 Å². The van der Waals surface area contributed by atoms with Crippen molar-refractivity contribution in [2.75, 3.05) is 19.6 Å². The molecular formula is C14H26N6O2. The number of rotatable bonds is 9. The minimum Gasteiger partial charge on any atom is -0.355 e. The molecule has 0 aromatic rings. The normalized spacial score (nSPS) is 10.2. The number of nitrogens with one attached hydrogen (secondary N) is 2. The van der Waals surface area contributed by atoms with Crippen molar-refractivity contribution in [1.82, 2.24) is 10.6 Å². The van der Waals surface area contributed by atoms with E-state index in [-0.39, 0.29) is 30.7 Å². The number of carbonyl (C=O) groups excluding carboxylic acids is 2. The van der Waals surface area contributed by atoms with E-state index < -0.39 is 0 Å². The van der Waals surface area contributed by atoms with E-state index in [2.05, 4.69) is 10.6 Å². The Bertz CT molecular complexity index is 382. The van der Waals surface area contributed by atoms with E-state index in [1.54, 1.807) is 19.1 Å². The van der Waals surface area contributed by atoms with Crippen LogP contribution >= 0.6 is 0 Å². The summed E-state index contributed by atoms with van der Waals surface area (Å²) in [6.07, 6.45) is 2.38. The first kappa shape index (κ1) is 22.1. The number of hydrogen-bond acceptors (Lipinski definition) is 6. The van der Waals surface area contributed by atoms with Gasteiger partial charge in [-0.05, 0) is 39.3 Å². The second-order valence-corrected chi connectivity index (χ2v) is 4.56. The summed E-state index contributed by atoms with van der Waals surface area (Å²) in [5.74, 6) is -0.642. The SMILES string of the molecule is CC(CCNC(=O)CC#N)NC(=O)CC#N.NCCCCN. The molecule has 0 fully saturated rings. The van der Waals surface area contributed by atoms with Gasteiger partial charge >= 0.3 is 0 Å². The Balaban J connectivity index is 0. The van der Waals surface area contributed by atoms with E-state index in [0.29, 0.717) is 13.0 Å². The lowest BCUT2D eigenvalue weighted by atomic mass is 10.2. The number of unbranched alkanes of at least 4 members (excludes halogenated alkanes) is 1. The van der Waals surface area contributed by atoms with Crippen molar-refractivity contribution in [3.8, 4) is 12.1 Å². The molecule has 8 nitrogen and oxygen atoms in total. The van der Waals surface area contributed by atoms with Gasteiger partial charge < -0.3 is 22.1 Å².